The van der Waals surface area contributed by atoms with Crippen molar-refractivity contribution < 1.29 is 0 Å². The van der Waals surface area contributed by atoms with Crippen LogP contribution in [0.1, 0.15) is 23.0 Å². The van der Waals surface area contributed by atoms with E-state index >= 15 is 0 Å². The zero-order valence-electron chi connectivity index (χ0n) is 9.95. The highest BCUT2D eigenvalue weighted by Crippen LogP contribution is 2.40. The van der Waals surface area contributed by atoms with Crippen LogP contribution in [0.15, 0.2) is 29.2 Å². The van der Waals surface area contributed by atoms with Gasteiger partial charge in [0.25, 0.3) is 0 Å². The molecule has 2 heterocycles. The maximum absolute atomic E-state index is 4.22. The molecule has 0 saturated carbocycles. The summed E-state index contributed by atoms with van der Waals surface area (Å²) in [4.78, 5) is 1.39. The number of hydrogen-bond donors (Lipinski definition) is 2. The summed E-state index contributed by atoms with van der Waals surface area (Å²) >= 11 is 1.92. The number of aromatic nitrogens is 2. The van der Waals surface area contributed by atoms with E-state index in [1.54, 1.807) is 0 Å². The molecule has 2 N–H and O–H groups in total. The first-order valence-corrected chi connectivity index (χ1v) is 6.74. The predicted octanol–water partition coefficient (Wildman–Crippen LogP) is 3.29. The summed E-state index contributed by atoms with van der Waals surface area (Å²) in [5.74, 6) is 1.09. The first-order valence-electron chi connectivity index (χ1n) is 5.75. The average Bonchev–Trinajstić information content (AvgIpc) is 2.88. The van der Waals surface area contributed by atoms with E-state index in [2.05, 4.69) is 46.7 Å². The zero-order chi connectivity index (χ0) is 11.8. The third-order valence-corrected chi connectivity index (χ3v) is 4.33. The molecule has 88 valence electrons. The molecule has 3 nitrogen and oxygen atoms in total. The van der Waals surface area contributed by atoms with Crippen LogP contribution < -0.4 is 5.32 Å². The fraction of sp³-hybridized carbons (Fsp3) is 0.308. The van der Waals surface area contributed by atoms with Crippen LogP contribution in [0.3, 0.4) is 0 Å². The molecule has 0 bridgehead atoms. The Hall–Kier alpha value is -1.42. The number of anilines is 1. The van der Waals surface area contributed by atoms with Gasteiger partial charge in [0.1, 0.15) is 0 Å². The first kappa shape index (κ1) is 10.7. The van der Waals surface area contributed by atoms with Crippen molar-refractivity contribution in [1.29, 1.82) is 0 Å². The molecule has 1 unspecified atom stereocenters. The number of thioether (sulfide) groups is 1. The second-order valence-electron chi connectivity index (χ2n) is 4.35. The summed E-state index contributed by atoms with van der Waals surface area (Å²) in [6, 6.07) is 9.00. The average molecular weight is 245 g/mol. The van der Waals surface area contributed by atoms with Gasteiger partial charge in [-0.25, -0.2) is 0 Å². The van der Waals surface area contributed by atoms with E-state index in [9.17, 15) is 0 Å². The molecule has 1 aromatic heterocycles. The Kier molecular flexibility index (Phi) is 2.59. The quantitative estimate of drug-likeness (QED) is 0.853. The number of H-pyrrole nitrogens is 1. The Balaban J connectivity index is 1.89. The fourth-order valence-electron chi connectivity index (χ4n) is 2.22. The molecule has 0 saturated heterocycles. The molecule has 17 heavy (non-hydrogen) atoms. The van der Waals surface area contributed by atoms with Crippen molar-refractivity contribution in [3.05, 3.63) is 41.2 Å². The van der Waals surface area contributed by atoms with E-state index in [4.69, 9.17) is 0 Å². The SMILES string of the molecule is Cc1n[nH]c(C)c1NC1CSc2ccccc21. The van der Waals surface area contributed by atoms with Crippen molar-refractivity contribution in [2.24, 2.45) is 0 Å². The smallest absolute Gasteiger partial charge is 0.0825 e. The van der Waals surface area contributed by atoms with Crippen LogP contribution in [0.2, 0.25) is 0 Å². The highest BCUT2D eigenvalue weighted by Gasteiger charge is 2.23. The maximum atomic E-state index is 4.22. The molecule has 1 aromatic carbocycles. The second-order valence-corrected chi connectivity index (χ2v) is 5.42. The molecule has 2 aromatic rings. The van der Waals surface area contributed by atoms with Gasteiger partial charge in [-0.1, -0.05) is 18.2 Å². The number of hydrogen-bond acceptors (Lipinski definition) is 3. The van der Waals surface area contributed by atoms with Crippen molar-refractivity contribution in [3.63, 3.8) is 0 Å². The van der Waals surface area contributed by atoms with Crippen molar-refractivity contribution in [3.8, 4) is 0 Å². The third kappa shape index (κ3) is 1.82. The van der Waals surface area contributed by atoms with Gasteiger partial charge in [0.05, 0.1) is 23.1 Å². The van der Waals surface area contributed by atoms with Gasteiger partial charge in [0, 0.05) is 10.6 Å². The number of benzene rings is 1. The molecule has 1 aliphatic rings. The minimum absolute atomic E-state index is 0.395. The second kappa shape index (κ2) is 4.11. The van der Waals surface area contributed by atoms with Crippen molar-refractivity contribution >= 4 is 17.4 Å². The number of aromatic amines is 1. The predicted molar refractivity (Wildman–Crippen MR) is 71.6 cm³/mol. The molecule has 0 amide bonds. The summed E-state index contributed by atoms with van der Waals surface area (Å²) in [6.45, 7) is 4.08. The Labute approximate surface area is 105 Å². The van der Waals surface area contributed by atoms with Crippen molar-refractivity contribution in [1.82, 2.24) is 10.2 Å². The lowest BCUT2D eigenvalue weighted by atomic mass is 10.1. The molecule has 0 radical (unpaired) electrons. The summed E-state index contributed by atoms with van der Waals surface area (Å²) in [5, 5.41) is 10.8. The highest BCUT2D eigenvalue weighted by molar-refractivity contribution is 7.99. The maximum Gasteiger partial charge on any atom is 0.0825 e. The van der Waals surface area contributed by atoms with Crippen LogP contribution in [-0.2, 0) is 0 Å². The van der Waals surface area contributed by atoms with E-state index in [1.165, 1.54) is 10.5 Å². The van der Waals surface area contributed by atoms with Gasteiger partial charge in [-0.3, -0.25) is 5.10 Å². The van der Waals surface area contributed by atoms with E-state index in [0.29, 0.717) is 6.04 Å². The summed E-state index contributed by atoms with van der Waals surface area (Å²) in [5.41, 5.74) is 4.69. The minimum Gasteiger partial charge on any atom is -0.374 e. The number of nitrogens with one attached hydrogen (secondary N) is 2. The van der Waals surface area contributed by atoms with Gasteiger partial charge in [-0.05, 0) is 25.5 Å². The lowest BCUT2D eigenvalue weighted by Gasteiger charge is -2.14. The van der Waals surface area contributed by atoms with Crippen LogP contribution in [0.5, 0.6) is 0 Å². The molecule has 0 fully saturated rings. The molecule has 3 rings (SSSR count). The molecule has 1 aliphatic heterocycles. The van der Waals surface area contributed by atoms with Crippen LogP contribution in [-0.4, -0.2) is 16.0 Å². The van der Waals surface area contributed by atoms with E-state index in [1.807, 2.05) is 18.7 Å². The van der Waals surface area contributed by atoms with E-state index in [0.717, 1.165) is 22.8 Å². The molecule has 0 spiro atoms. The topological polar surface area (TPSA) is 40.7 Å². The largest absolute Gasteiger partial charge is 0.374 e. The van der Waals surface area contributed by atoms with Crippen molar-refractivity contribution in [2.45, 2.75) is 24.8 Å². The van der Waals surface area contributed by atoms with Crippen LogP contribution in [0.4, 0.5) is 5.69 Å². The van der Waals surface area contributed by atoms with Crippen LogP contribution >= 0.6 is 11.8 Å². The fourth-order valence-corrected chi connectivity index (χ4v) is 3.38. The van der Waals surface area contributed by atoms with Gasteiger partial charge < -0.3 is 5.32 Å². The summed E-state index contributed by atoms with van der Waals surface area (Å²) < 4.78 is 0. The molecule has 4 heteroatoms. The summed E-state index contributed by atoms with van der Waals surface area (Å²) in [7, 11) is 0. The number of aryl methyl sites for hydroxylation is 2. The standard InChI is InChI=1S/C13H15N3S/c1-8-13(9(2)16-15-8)14-11-7-17-12-6-4-3-5-10(11)12/h3-6,11,14H,7H2,1-2H3,(H,15,16). The molecule has 0 aliphatic carbocycles. The Bertz CT molecular complexity index is 528. The van der Waals surface area contributed by atoms with Crippen molar-refractivity contribution in [2.75, 3.05) is 11.1 Å². The van der Waals surface area contributed by atoms with Gasteiger partial charge in [0.15, 0.2) is 0 Å². The minimum atomic E-state index is 0.395. The Morgan fingerprint density at radius 3 is 2.94 bits per heavy atom. The monoisotopic (exact) mass is 245 g/mol. The van der Waals surface area contributed by atoms with Crippen LogP contribution in [0.25, 0.3) is 0 Å². The van der Waals surface area contributed by atoms with Gasteiger partial charge in [-0.2, -0.15) is 5.10 Å². The number of nitrogens with zero attached hydrogens (tertiary/aromatic N) is 1. The lowest BCUT2D eigenvalue weighted by Crippen LogP contribution is -2.10. The normalized spacial score (nSPS) is 18.1. The Morgan fingerprint density at radius 1 is 1.35 bits per heavy atom. The molecular weight excluding hydrogens is 230 g/mol. The van der Waals surface area contributed by atoms with E-state index in [-0.39, 0.29) is 0 Å². The van der Waals surface area contributed by atoms with Gasteiger partial charge in [0.2, 0.25) is 0 Å². The third-order valence-electron chi connectivity index (χ3n) is 3.15. The van der Waals surface area contributed by atoms with Gasteiger partial charge >= 0.3 is 0 Å². The highest BCUT2D eigenvalue weighted by atomic mass is 32.2. The Morgan fingerprint density at radius 2 is 2.18 bits per heavy atom. The molecule has 1 atom stereocenters. The first-order chi connectivity index (χ1) is 8.25. The molecular formula is C13H15N3S. The lowest BCUT2D eigenvalue weighted by molar-refractivity contribution is 0.896. The number of rotatable bonds is 2. The number of fused-ring (bicyclic) bond motifs is 1. The van der Waals surface area contributed by atoms with Gasteiger partial charge in [-0.15, -0.1) is 11.8 Å². The summed E-state index contributed by atoms with van der Waals surface area (Å²) in [6.07, 6.45) is 0. The van der Waals surface area contributed by atoms with E-state index < -0.39 is 0 Å². The van der Waals surface area contributed by atoms with Crippen LogP contribution in [0, 0.1) is 13.8 Å². The zero-order valence-corrected chi connectivity index (χ0v) is 10.8.